The van der Waals surface area contributed by atoms with Gasteiger partial charge in [-0.25, -0.2) is 4.79 Å². The fraction of sp³-hybridized carbons (Fsp3) is 0.486. The second kappa shape index (κ2) is 18.1. The second-order valence-electron chi connectivity index (χ2n) is 12.5. The zero-order valence-electron chi connectivity index (χ0n) is 27.5. The SMILES string of the molecule is CC(C)CC(NC(=O)C(CCc1ccccc1)NC(=O)CN1CCOCC1)C(=O)NC(Cc1ccccc1)C(=O)ON1C(=O)CCC1=O. The van der Waals surface area contributed by atoms with E-state index in [1.807, 2.05) is 49.1 Å². The standard InChI is InChI=1S/C35H45N5O8/c1-24(2)21-28(34(45)38-29(22-26-11-7-4-8-12-26)35(46)48-40-31(42)15-16-32(40)43)37-33(44)27(14-13-25-9-5-3-6-10-25)36-30(41)23-39-17-19-47-20-18-39/h3-12,24,27-29H,13-23H2,1-2H3,(H,36,41)(H,37,44)(H,38,45). The molecule has 0 radical (unpaired) electrons. The Bertz CT molecular complexity index is 1400. The van der Waals surface area contributed by atoms with Gasteiger partial charge in [-0.2, -0.15) is 0 Å². The summed E-state index contributed by atoms with van der Waals surface area (Å²) in [7, 11) is 0. The van der Waals surface area contributed by atoms with Gasteiger partial charge in [0.15, 0.2) is 0 Å². The summed E-state index contributed by atoms with van der Waals surface area (Å²) < 4.78 is 5.37. The third-order valence-electron chi connectivity index (χ3n) is 8.10. The summed E-state index contributed by atoms with van der Waals surface area (Å²) in [6.45, 7) is 6.17. The molecule has 13 heteroatoms. The summed E-state index contributed by atoms with van der Waals surface area (Å²) in [5, 5.41) is 8.81. The lowest BCUT2D eigenvalue weighted by atomic mass is 10.00. The fourth-order valence-electron chi connectivity index (χ4n) is 5.53. The van der Waals surface area contributed by atoms with E-state index in [-0.39, 0.29) is 44.1 Å². The van der Waals surface area contributed by atoms with Crippen LogP contribution in [0.2, 0.25) is 0 Å². The summed E-state index contributed by atoms with van der Waals surface area (Å²) in [5.74, 6) is -3.78. The number of carbonyl (C=O) groups is 6. The number of rotatable bonds is 16. The Kier molecular flexibility index (Phi) is 13.6. The maximum absolute atomic E-state index is 13.8. The van der Waals surface area contributed by atoms with Crippen molar-refractivity contribution in [2.75, 3.05) is 32.8 Å². The van der Waals surface area contributed by atoms with Crippen molar-refractivity contribution in [1.29, 1.82) is 0 Å². The first-order chi connectivity index (χ1) is 23.1. The number of ether oxygens (including phenoxy) is 1. The molecule has 48 heavy (non-hydrogen) atoms. The first-order valence-electron chi connectivity index (χ1n) is 16.4. The average Bonchev–Trinajstić information content (AvgIpc) is 3.39. The topological polar surface area (TPSA) is 163 Å². The smallest absolute Gasteiger partial charge is 0.355 e. The number of carbonyl (C=O) groups excluding carboxylic acids is 6. The summed E-state index contributed by atoms with van der Waals surface area (Å²) >= 11 is 0. The molecule has 13 nitrogen and oxygen atoms in total. The Morgan fingerprint density at radius 3 is 1.94 bits per heavy atom. The van der Waals surface area contributed by atoms with Crippen LogP contribution in [0.15, 0.2) is 60.7 Å². The molecule has 2 aliphatic rings. The second-order valence-corrected chi connectivity index (χ2v) is 12.5. The van der Waals surface area contributed by atoms with Crippen molar-refractivity contribution in [1.82, 2.24) is 25.9 Å². The third kappa shape index (κ3) is 11.3. The van der Waals surface area contributed by atoms with Crippen LogP contribution in [-0.2, 0) is 51.2 Å². The van der Waals surface area contributed by atoms with Gasteiger partial charge < -0.3 is 25.5 Å². The van der Waals surface area contributed by atoms with E-state index in [4.69, 9.17) is 9.57 Å². The molecule has 2 aromatic carbocycles. The van der Waals surface area contributed by atoms with E-state index in [9.17, 15) is 28.8 Å². The highest BCUT2D eigenvalue weighted by Gasteiger charge is 2.36. The molecule has 258 valence electrons. The fourth-order valence-corrected chi connectivity index (χ4v) is 5.53. The number of hydroxylamine groups is 2. The van der Waals surface area contributed by atoms with E-state index in [2.05, 4.69) is 16.0 Å². The maximum Gasteiger partial charge on any atom is 0.355 e. The molecule has 0 bridgehead atoms. The zero-order valence-corrected chi connectivity index (χ0v) is 27.5. The highest BCUT2D eigenvalue weighted by Crippen LogP contribution is 2.15. The van der Waals surface area contributed by atoms with Crippen LogP contribution in [-0.4, -0.2) is 96.4 Å². The Morgan fingerprint density at radius 1 is 0.771 bits per heavy atom. The highest BCUT2D eigenvalue weighted by atomic mass is 16.7. The molecule has 2 heterocycles. The van der Waals surface area contributed by atoms with Gasteiger partial charge in [0.25, 0.3) is 11.8 Å². The van der Waals surface area contributed by atoms with Gasteiger partial charge in [0, 0.05) is 32.4 Å². The summed E-state index contributed by atoms with van der Waals surface area (Å²) in [6.07, 6.45) is 0.915. The number of nitrogens with one attached hydrogen (secondary N) is 3. The van der Waals surface area contributed by atoms with Crippen molar-refractivity contribution in [3.63, 3.8) is 0 Å². The van der Waals surface area contributed by atoms with Crippen molar-refractivity contribution in [2.45, 2.75) is 70.5 Å². The van der Waals surface area contributed by atoms with E-state index in [1.54, 1.807) is 30.3 Å². The van der Waals surface area contributed by atoms with E-state index >= 15 is 0 Å². The largest absolute Gasteiger partial charge is 0.379 e. The van der Waals surface area contributed by atoms with Crippen LogP contribution in [0.1, 0.15) is 50.7 Å². The summed E-state index contributed by atoms with van der Waals surface area (Å²) in [6, 6.07) is 15.2. The summed E-state index contributed by atoms with van der Waals surface area (Å²) in [4.78, 5) is 85.3. The Labute approximate surface area is 280 Å². The van der Waals surface area contributed by atoms with Gasteiger partial charge in [-0.05, 0) is 36.3 Å². The van der Waals surface area contributed by atoms with Crippen LogP contribution in [0, 0.1) is 5.92 Å². The van der Waals surface area contributed by atoms with Gasteiger partial charge >= 0.3 is 5.97 Å². The minimum Gasteiger partial charge on any atom is -0.379 e. The molecule has 3 unspecified atom stereocenters. The first-order valence-corrected chi connectivity index (χ1v) is 16.4. The molecule has 3 atom stereocenters. The van der Waals surface area contributed by atoms with Crippen molar-refractivity contribution < 1.29 is 38.3 Å². The average molecular weight is 664 g/mol. The van der Waals surface area contributed by atoms with Crippen molar-refractivity contribution in [3.8, 4) is 0 Å². The molecule has 2 aliphatic heterocycles. The van der Waals surface area contributed by atoms with Crippen LogP contribution >= 0.6 is 0 Å². The van der Waals surface area contributed by atoms with Crippen LogP contribution in [0.25, 0.3) is 0 Å². The number of morpholine rings is 1. The van der Waals surface area contributed by atoms with Gasteiger partial charge in [-0.15, -0.1) is 5.06 Å². The normalized spacial score (nSPS) is 17.0. The highest BCUT2D eigenvalue weighted by molar-refractivity contribution is 6.02. The molecule has 3 N–H and O–H groups in total. The van der Waals surface area contributed by atoms with Crippen LogP contribution in [0.4, 0.5) is 0 Å². The maximum atomic E-state index is 13.8. The lowest BCUT2D eigenvalue weighted by Crippen LogP contribution is -2.57. The molecule has 2 aromatic rings. The summed E-state index contributed by atoms with van der Waals surface area (Å²) in [5.41, 5.74) is 1.69. The minimum atomic E-state index is -1.27. The van der Waals surface area contributed by atoms with E-state index in [1.165, 1.54) is 0 Å². The molecule has 0 aromatic heterocycles. The van der Waals surface area contributed by atoms with Crippen molar-refractivity contribution >= 4 is 35.5 Å². The van der Waals surface area contributed by atoms with Crippen molar-refractivity contribution in [3.05, 3.63) is 71.8 Å². The molecule has 4 rings (SSSR count). The number of amides is 5. The first kappa shape index (κ1) is 36.2. The van der Waals surface area contributed by atoms with Crippen molar-refractivity contribution in [2.24, 2.45) is 5.92 Å². The van der Waals surface area contributed by atoms with Gasteiger partial charge in [-0.3, -0.25) is 28.9 Å². The molecular weight excluding hydrogens is 618 g/mol. The molecule has 5 amide bonds. The van der Waals surface area contributed by atoms with Gasteiger partial charge in [-0.1, -0.05) is 74.5 Å². The Morgan fingerprint density at radius 2 is 1.33 bits per heavy atom. The van der Waals surface area contributed by atoms with Gasteiger partial charge in [0.05, 0.1) is 19.8 Å². The number of aryl methyl sites for hydroxylation is 1. The Balaban J connectivity index is 1.48. The monoisotopic (exact) mass is 663 g/mol. The molecule has 0 saturated carbocycles. The van der Waals surface area contributed by atoms with Crippen LogP contribution < -0.4 is 16.0 Å². The molecule has 2 fully saturated rings. The number of hydrogen-bond acceptors (Lipinski definition) is 9. The predicted octanol–water partition coefficient (Wildman–Crippen LogP) is 1.30. The number of nitrogens with zero attached hydrogens (tertiary/aromatic N) is 2. The number of imide groups is 1. The van der Waals surface area contributed by atoms with Gasteiger partial charge in [0.2, 0.25) is 17.7 Å². The zero-order chi connectivity index (χ0) is 34.5. The van der Waals surface area contributed by atoms with E-state index in [0.29, 0.717) is 49.8 Å². The van der Waals surface area contributed by atoms with E-state index < -0.39 is 47.7 Å². The van der Waals surface area contributed by atoms with Gasteiger partial charge in [0.1, 0.15) is 18.1 Å². The molecule has 0 aliphatic carbocycles. The molecule has 0 spiro atoms. The Hall–Kier alpha value is -4.62. The van der Waals surface area contributed by atoms with E-state index in [0.717, 1.165) is 5.56 Å². The predicted molar refractivity (Wildman–Crippen MR) is 175 cm³/mol. The molecule has 2 saturated heterocycles. The minimum absolute atomic E-state index is 0.0152. The quantitative estimate of drug-likeness (QED) is 0.225. The molecular formula is C35H45N5O8. The lowest BCUT2D eigenvalue weighted by Gasteiger charge is -2.28. The van der Waals surface area contributed by atoms with Crippen LogP contribution in [0.3, 0.4) is 0 Å². The number of benzene rings is 2. The third-order valence-corrected chi connectivity index (χ3v) is 8.10. The number of hydrogen-bond donors (Lipinski definition) is 3. The van der Waals surface area contributed by atoms with Crippen LogP contribution in [0.5, 0.6) is 0 Å². The lowest BCUT2D eigenvalue weighted by molar-refractivity contribution is -0.199.